The Kier molecular flexibility index (Phi) is 68.2. The zero-order valence-electron chi connectivity index (χ0n) is 55.2. The molecule has 0 fully saturated rings. The molecule has 0 aromatic carbocycles. The van der Waals surface area contributed by atoms with E-state index in [1.165, 1.54) is 218 Å². The lowest BCUT2D eigenvalue weighted by Crippen LogP contribution is -2.30. The van der Waals surface area contributed by atoms with Crippen molar-refractivity contribution in [2.45, 2.75) is 374 Å². The lowest BCUT2D eigenvalue weighted by Gasteiger charge is -2.18. The summed E-state index contributed by atoms with van der Waals surface area (Å²) in [5, 5.41) is 0. The summed E-state index contributed by atoms with van der Waals surface area (Å²) in [6.45, 7) is 6.42. The maximum absolute atomic E-state index is 12.9. The average molecular weight is 1160 g/mol. The van der Waals surface area contributed by atoms with Crippen molar-refractivity contribution in [1.82, 2.24) is 0 Å². The molecule has 0 N–H and O–H groups in total. The molecule has 83 heavy (non-hydrogen) atoms. The van der Waals surface area contributed by atoms with Crippen molar-refractivity contribution in [2.75, 3.05) is 13.2 Å². The minimum Gasteiger partial charge on any atom is -0.462 e. The summed E-state index contributed by atoms with van der Waals surface area (Å²) in [7, 11) is 0. The van der Waals surface area contributed by atoms with Crippen LogP contribution in [0, 0.1) is 0 Å². The van der Waals surface area contributed by atoms with E-state index in [2.05, 4.69) is 106 Å². The fraction of sp³-hybridized carbons (Fsp3) is 0.779. The van der Waals surface area contributed by atoms with Crippen LogP contribution >= 0.6 is 0 Å². The third-order valence-electron chi connectivity index (χ3n) is 15.9. The number of rotatable bonds is 66. The van der Waals surface area contributed by atoms with Crippen molar-refractivity contribution in [3.05, 3.63) is 85.1 Å². The molecule has 0 saturated carbocycles. The van der Waals surface area contributed by atoms with Gasteiger partial charge in [-0.1, -0.05) is 324 Å². The molecule has 6 nitrogen and oxygen atoms in total. The van der Waals surface area contributed by atoms with E-state index in [4.69, 9.17) is 14.2 Å². The molecule has 1 atom stereocenters. The second kappa shape index (κ2) is 71.1. The topological polar surface area (TPSA) is 78.9 Å². The maximum atomic E-state index is 12.9. The van der Waals surface area contributed by atoms with Crippen LogP contribution in [0.1, 0.15) is 367 Å². The summed E-state index contributed by atoms with van der Waals surface area (Å²) in [6, 6.07) is 0. The van der Waals surface area contributed by atoms with E-state index in [1.54, 1.807) is 0 Å². The standard InChI is InChI=1S/C77H136O6/c1-4-7-10-13-16-19-22-25-27-29-30-31-32-33-34-35-36-37-38-39-40-41-42-43-44-45-46-48-49-52-55-58-61-64-67-70-76(79)82-73-74(72-81-75(78)69-66-63-60-57-54-51-24-21-18-15-12-9-6-3)83-77(80)71-68-65-62-59-56-53-50-47-28-26-23-20-17-14-11-8-5-2/h8-9,11-12,17-18,20-21,26,28-30,51,54,74H,4-7,10,13-16,19,22-25,27,31-50,52-53,55-73H2,1-3H3/b11-8-,12-9-,20-17-,21-18-,28-26-,30-29-,54-51-. The first-order valence-corrected chi connectivity index (χ1v) is 36.1. The highest BCUT2D eigenvalue weighted by Crippen LogP contribution is 2.18. The summed E-state index contributed by atoms with van der Waals surface area (Å²) < 4.78 is 16.9. The van der Waals surface area contributed by atoms with Crippen LogP contribution in [0.2, 0.25) is 0 Å². The molecule has 0 aromatic rings. The number of esters is 3. The number of ether oxygens (including phenoxy) is 3. The number of carbonyl (C=O) groups is 3. The summed E-state index contributed by atoms with van der Waals surface area (Å²) in [6.07, 6.45) is 95.1. The number of allylic oxidation sites excluding steroid dienone is 14. The smallest absolute Gasteiger partial charge is 0.306 e. The van der Waals surface area contributed by atoms with Gasteiger partial charge in [0, 0.05) is 19.3 Å². The van der Waals surface area contributed by atoms with Crippen LogP contribution in [0.25, 0.3) is 0 Å². The second-order valence-electron chi connectivity index (χ2n) is 24.1. The van der Waals surface area contributed by atoms with Crippen molar-refractivity contribution in [3.8, 4) is 0 Å². The van der Waals surface area contributed by atoms with Gasteiger partial charge in [-0.2, -0.15) is 0 Å². The van der Waals surface area contributed by atoms with Crippen molar-refractivity contribution in [3.63, 3.8) is 0 Å². The predicted molar refractivity (Wildman–Crippen MR) is 362 cm³/mol. The van der Waals surface area contributed by atoms with Gasteiger partial charge in [0.1, 0.15) is 13.2 Å². The highest BCUT2D eigenvalue weighted by atomic mass is 16.6. The van der Waals surface area contributed by atoms with Crippen LogP contribution in [0.15, 0.2) is 85.1 Å². The second-order valence-corrected chi connectivity index (χ2v) is 24.1. The molecule has 1 unspecified atom stereocenters. The highest BCUT2D eigenvalue weighted by molar-refractivity contribution is 5.71. The van der Waals surface area contributed by atoms with Crippen LogP contribution in [0.3, 0.4) is 0 Å². The Morgan fingerprint density at radius 1 is 0.253 bits per heavy atom. The zero-order chi connectivity index (χ0) is 59.9. The molecule has 6 heteroatoms. The van der Waals surface area contributed by atoms with Gasteiger partial charge < -0.3 is 14.2 Å². The van der Waals surface area contributed by atoms with Crippen LogP contribution < -0.4 is 0 Å². The Morgan fingerprint density at radius 3 is 0.759 bits per heavy atom. The number of unbranched alkanes of at least 4 members (excludes halogenated alkanes) is 41. The molecule has 0 aliphatic rings. The summed E-state index contributed by atoms with van der Waals surface area (Å²) >= 11 is 0. The van der Waals surface area contributed by atoms with Crippen molar-refractivity contribution in [1.29, 1.82) is 0 Å². The largest absolute Gasteiger partial charge is 0.462 e. The normalized spacial score (nSPS) is 12.6. The van der Waals surface area contributed by atoms with Crippen LogP contribution in [-0.2, 0) is 28.6 Å². The van der Waals surface area contributed by atoms with Gasteiger partial charge in [0.25, 0.3) is 0 Å². The Bertz CT molecular complexity index is 1570. The average Bonchev–Trinajstić information content (AvgIpc) is 3.49. The third kappa shape index (κ3) is 69.3. The number of hydrogen-bond donors (Lipinski definition) is 0. The van der Waals surface area contributed by atoms with Gasteiger partial charge in [0.2, 0.25) is 0 Å². The van der Waals surface area contributed by atoms with Gasteiger partial charge in [0.05, 0.1) is 0 Å². The molecular weight excluding hydrogens is 1020 g/mol. The van der Waals surface area contributed by atoms with Gasteiger partial charge >= 0.3 is 17.9 Å². The van der Waals surface area contributed by atoms with E-state index in [9.17, 15) is 14.4 Å². The van der Waals surface area contributed by atoms with E-state index in [0.717, 1.165) is 109 Å². The molecule has 0 aliphatic carbocycles. The Labute approximate surface area is 515 Å². The molecule has 0 amide bonds. The van der Waals surface area contributed by atoms with Crippen molar-refractivity contribution >= 4 is 17.9 Å². The molecule has 0 aliphatic heterocycles. The van der Waals surface area contributed by atoms with Gasteiger partial charge in [-0.25, -0.2) is 0 Å². The quantitative estimate of drug-likeness (QED) is 0.0261. The van der Waals surface area contributed by atoms with E-state index >= 15 is 0 Å². The number of carbonyl (C=O) groups excluding carboxylic acids is 3. The molecule has 0 radical (unpaired) electrons. The summed E-state index contributed by atoms with van der Waals surface area (Å²) in [5.41, 5.74) is 0. The number of hydrogen-bond acceptors (Lipinski definition) is 6. The predicted octanol–water partition coefficient (Wildman–Crippen LogP) is 25.0. The van der Waals surface area contributed by atoms with Crippen molar-refractivity contribution < 1.29 is 28.6 Å². The first-order chi connectivity index (χ1) is 41.0. The molecule has 0 aromatic heterocycles. The van der Waals surface area contributed by atoms with Gasteiger partial charge in [0.15, 0.2) is 6.10 Å². The highest BCUT2D eigenvalue weighted by Gasteiger charge is 2.19. The first-order valence-electron chi connectivity index (χ1n) is 36.1. The first kappa shape index (κ1) is 79.6. The molecule has 0 heterocycles. The molecule has 0 saturated heterocycles. The summed E-state index contributed by atoms with van der Waals surface area (Å²) in [5.74, 6) is -0.913. The Hall–Kier alpha value is -3.41. The molecule has 480 valence electrons. The monoisotopic (exact) mass is 1160 g/mol. The maximum Gasteiger partial charge on any atom is 0.306 e. The molecule has 0 spiro atoms. The molecule has 0 rings (SSSR count). The van der Waals surface area contributed by atoms with E-state index in [0.29, 0.717) is 19.3 Å². The Morgan fingerprint density at radius 2 is 0.470 bits per heavy atom. The van der Waals surface area contributed by atoms with Gasteiger partial charge in [-0.3, -0.25) is 14.4 Å². The lowest BCUT2D eigenvalue weighted by atomic mass is 10.0. The molecule has 0 bridgehead atoms. The fourth-order valence-corrected chi connectivity index (χ4v) is 10.5. The summed E-state index contributed by atoms with van der Waals surface area (Å²) in [4.78, 5) is 38.3. The Balaban J connectivity index is 4.11. The zero-order valence-corrected chi connectivity index (χ0v) is 55.2. The van der Waals surface area contributed by atoms with Gasteiger partial charge in [-0.05, 0) is 109 Å². The van der Waals surface area contributed by atoms with E-state index in [1.807, 2.05) is 0 Å². The minimum atomic E-state index is -0.794. The fourth-order valence-electron chi connectivity index (χ4n) is 10.5. The third-order valence-corrected chi connectivity index (χ3v) is 15.9. The van der Waals surface area contributed by atoms with Crippen LogP contribution in [0.4, 0.5) is 0 Å². The minimum absolute atomic E-state index is 0.0874. The van der Waals surface area contributed by atoms with Gasteiger partial charge in [-0.15, -0.1) is 0 Å². The molecular formula is C77H136O6. The van der Waals surface area contributed by atoms with Crippen LogP contribution in [0.5, 0.6) is 0 Å². The van der Waals surface area contributed by atoms with E-state index in [-0.39, 0.29) is 31.1 Å². The van der Waals surface area contributed by atoms with Crippen LogP contribution in [-0.4, -0.2) is 37.2 Å². The SMILES string of the molecule is CC/C=C\C/C=C\C/C=C\CCCCCCCCCC(=O)OC(COC(=O)CCCCC/C=C\C/C=C\C/C=C\CC)COC(=O)CCCCCCCCCCCCCCCCCCCCCCCCC/C=C\CCCCCCCCCC. The van der Waals surface area contributed by atoms with E-state index < -0.39 is 6.10 Å². The lowest BCUT2D eigenvalue weighted by molar-refractivity contribution is -0.167. The van der Waals surface area contributed by atoms with Crippen molar-refractivity contribution in [2.24, 2.45) is 0 Å².